The van der Waals surface area contributed by atoms with Gasteiger partial charge in [0.15, 0.2) is 18.9 Å². The maximum Gasteiger partial charge on any atom is 0.220 e. The van der Waals surface area contributed by atoms with E-state index in [0.717, 1.165) is 83.5 Å². The Labute approximate surface area is 610 Å². The van der Waals surface area contributed by atoms with Crippen LogP contribution < -0.4 is 5.32 Å². The molecule has 0 saturated carbocycles. The summed E-state index contributed by atoms with van der Waals surface area (Å²) >= 11 is 0. The largest absolute Gasteiger partial charge is 0.394 e. The fourth-order valence-electron chi connectivity index (χ4n) is 13.6. The summed E-state index contributed by atoms with van der Waals surface area (Å²) in [5.74, 6) is -0.239. The average Bonchev–Trinajstić information content (AvgIpc) is 0.792. The lowest BCUT2D eigenvalue weighted by molar-refractivity contribution is -0.379. The first-order valence-corrected chi connectivity index (χ1v) is 40.7. The number of aliphatic hydroxyl groups excluding tert-OH is 11. The molecule has 3 aliphatic heterocycles. The maximum atomic E-state index is 13.5. The number of carbonyl (C=O) groups is 1. The van der Waals surface area contributed by atoms with Gasteiger partial charge in [0, 0.05) is 6.42 Å². The Morgan fingerprint density at radius 2 is 0.683 bits per heavy atom. The van der Waals surface area contributed by atoms with Gasteiger partial charge in [-0.1, -0.05) is 311 Å². The highest BCUT2D eigenvalue weighted by atomic mass is 16.8. The molecule has 12 N–H and O–H groups in total. The number of hydrogen-bond acceptors (Lipinski definition) is 18. The number of carbonyl (C=O) groups excluding carboxylic acids is 1. The fourth-order valence-corrected chi connectivity index (χ4v) is 13.6. The number of rotatable bonds is 64. The molecule has 3 fully saturated rings. The molecule has 0 aromatic carbocycles. The van der Waals surface area contributed by atoms with Crippen LogP contribution in [0, 0.1) is 0 Å². The summed E-state index contributed by atoms with van der Waals surface area (Å²) in [6, 6.07) is -0.888. The SMILES string of the molecule is CC/C=C\C/C=C\C/C=C\C/C=C\C/C=C\C/C=C\CCCCCCCCCCCCCCCCCCCCCCC(=O)NC(COC1OC(CO)C(OC2OC(CO)C(OC3OC(CO)C(O)C(O)C3O)C(O)C2O)C(O)C1O)C(O)CCCCCCCCCCCCCCCCCCC. The zero-order valence-electron chi connectivity index (χ0n) is 62.9. The summed E-state index contributed by atoms with van der Waals surface area (Å²) < 4.78 is 34.5. The normalized spacial score (nSPS) is 26.7. The summed E-state index contributed by atoms with van der Waals surface area (Å²) in [5.41, 5.74) is 0. The molecule has 17 unspecified atom stereocenters. The Balaban J connectivity index is 1.30. The van der Waals surface area contributed by atoms with Gasteiger partial charge in [-0.25, -0.2) is 0 Å². The molecule has 0 bridgehead atoms. The number of aliphatic hydroxyl groups is 11. The second kappa shape index (κ2) is 62.3. The van der Waals surface area contributed by atoms with E-state index in [4.69, 9.17) is 28.4 Å². The van der Waals surface area contributed by atoms with Crippen LogP contribution in [0.25, 0.3) is 0 Å². The quantitative estimate of drug-likeness (QED) is 0.0199. The molecule has 0 aromatic rings. The zero-order chi connectivity index (χ0) is 73.2. The van der Waals surface area contributed by atoms with Crippen LogP contribution in [-0.2, 0) is 33.2 Å². The Kier molecular flexibility index (Phi) is 57.0. The molecular weight excluding hydrogens is 1290 g/mol. The number of unbranched alkanes of at least 4 members (excludes halogenated alkanes) is 36. The van der Waals surface area contributed by atoms with Crippen LogP contribution in [0.5, 0.6) is 0 Å². The van der Waals surface area contributed by atoms with Crippen LogP contribution in [0.1, 0.15) is 309 Å². The molecule has 0 aromatic heterocycles. The van der Waals surface area contributed by atoms with Crippen molar-refractivity contribution in [2.75, 3.05) is 26.4 Å². The van der Waals surface area contributed by atoms with Crippen molar-refractivity contribution < 1.29 is 89.4 Å². The van der Waals surface area contributed by atoms with Crippen molar-refractivity contribution in [3.63, 3.8) is 0 Å². The van der Waals surface area contributed by atoms with E-state index in [9.17, 15) is 61.0 Å². The maximum absolute atomic E-state index is 13.5. The Morgan fingerprint density at radius 1 is 0.366 bits per heavy atom. The van der Waals surface area contributed by atoms with Crippen LogP contribution in [-0.4, -0.2) is 193 Å². The monoisotopic (exact) mass is 1430 g/mol. The second-order valence-electron chi connectivity index (χ2n) is 28.9. The number of ether oxygens (including phenoxy) is 6. The van der Waals surface area contributed by atoms with E-state index < -0.39 is 124 Å². The molecule has 3 heterocycles. The van der Waals surface area contributed by atoms with E-state index in [1.807, 2.05) is 0 Å². The fraction of sp³-hybridized carbons (Fsp3) is 0.841. The molecule has 3 saturated heterocycles. The molecular formula is C82H147NO18. The number of allylic oxidation sites excluding steroid dienone is 12. The third-order valence-electron chi connectivity index (χ3n) is 20.0. The second-order valence-corrected chi connectivity index (χ2v) is 28.9. The van der Waals surface area contributed by atoms with Gasteiger partial charge >= 0.3 is 0 Å². The van der Waals surface area contributed by atoms with Gasteiger partial charge in [-0.3, -0.25) is 4.79 Å². The van der Waals surface area contributed by atoms with E-state index in [2.05, 4.69) is 92.1 Å². The summed E-state index contributed by atoms with van der Waals surface area (Å²) in [6.45, 7) is 1.72. The Hall–Kier alpha value is -2.77. The van der Waals surface area contributed by atoms with Crippen molar-refractivity contribution in [2.24, 2.45) is 0 Å². The summed E-state index contributed by atoms with van der Waals surface area (Å²) in [6.07, 6.45) is 54.3. The first-order valence-electron chi connectivity index (χ1n) is 40.7. The third kappa shape index (κ3) is 42.4. The highest BCUT2D eigenvalue weighted by Gasteiger charge is 2.54. The molecule has 17 atom stereocenters. The predicted molar refractivity (Wildman–Crippen MR) is 401 cm³/mol. The van der Waals surface area contributed by atoms with Gasteiger partial charge in [0.1, 0.15) is 73.2 Å². The Bertz CT molecular complexity index is 2110. The molecule has 0 aliphatic carbocycles. The van der Waals surface area contributed by atoms with E-state index in [1.165, 1.54) is 193 Å². The molecule has 3 aliphatic rings. The molecule has 101 heavy (non-hydrogen) atoms. The smallest absolute Gasteiger partial charge is 0.220 e. The van der Waals surface area contributed by atoms with Crippen LogP contribution in [0.15, 0.2) is 72.9 Å². The zero-order valence-corrected chi connectivity index (χ0v) is 62.9. The minimum absolute atomic E-state index is 0.239. The Morgan fingerprint density at radius 3 is 1.07 bits per heavy atom. The summed E-state index contributed by atoms with van der Waals surface area (Å²) in [4.78, 5) is 13.5. The average molecular weight is 1440 g/mol. The number of hydrogen-bond donors (Lipinski definition) is 12. The van der Waals surface area contributed by atoms with Gasteiger partial charge in [0.25, 0.3) is 0 Å². The van der Waals surface area contributed by atoms with Crippen molar-refractivity contribution in [1.82, 2.24) is 5.32 Å². The van der Waals surface area contributed by atoms with Crippen LogP contribution in [0.3, 0.4) is 0 Å². The lowest BCUT2D eigenvalue weighted by atomic mass is 9.96. The van der Waals surface area contributed by atoms with Crippen molar-refractivity contribution in [2.45, 2.75) is 413 Å². The summed E-state index contributed by atoms with van der Waals surface area (Å²) in [5, 5.41) is 121. The first-order chi connectivity index (χ1) is 49.3. The van der Waals surface area contributed by atoms with Crippen LogP contribution in [0.4, 0.5) is 0 Å². The minimum Gasteiger partial charge on any atom is -0.394 e. The van der Waals surface area contributed by atoms with Crippen LogP contribution in [0.2, 0.25) is 0 Å². The predicted octanol–water partition coefficient (Wildman–Crippen LogP) is 13.6. The molecule has 0 radical (unpaired) electrons. The molecule has 19 nitrogen and oxygen atoms in total. The van der Waals surface area contributed by atoms with Gasteiger partial charge in [0.05, 0.1) is 38.6 Å². The van der Waals surface area contributed by atoms with E-state index in [0.29, 0.717) is 12.8 Å². The van der Waals surface area contributed by atoms with Gasteiger partial charge in [-0.15, -0.1) is 0 Å². The van der Waals surface area contributed by atoms with Crippen LogP contribution >= 0.6 is 0 Å². The first kappa shape index (κ1) is 92.4. The van der Waals surface area contributed by atoms with Crippen molar-refractivity contribution in [3.8, 4) is 0 Å². The standard InChI is InChI=1S/C82H147NO18/c1-3-5-7-9-11-13-15-17-19-21-22-23-24-25-26-27-28-29-30-31-32-33-34-35-36-37-38-39-40-41-42-44-46-48-50-52-54-56-58-60-70(88)83-65(66(87)59-57-55-53-51-49-47-45-43-20-18-16-14-12-10-8-6-4-2)64-96-80-76(94)73(91)78(68(62-85)98-80)101-82-77(95)74(92)79(69(63-86)99-82)100-81-75(93)72(90)71(89)67(61-84)97-81/h5,7,11,13,17,19,22-23,25-26,28-29,65-69,71-82,84-87,89-95H,3-4,6,8-10,12,14-16,18,20-21,24,27,30-64H2,1-2H3,(H,83,88)/b7-5-,13-11-,19-17-,23-22-,26-25-,29-28-. The van der Waals surface area contributed by atoms with E-state index >= 15 is 0 Å². The lowest BCUT2D eigenvalue weighted by Crippen LogP contribution is -2.66. The highest BCUT2D eigenvalue weighted by Crippen LogP contribution is 2.33. The topological polar surface area (TPSA) is 307 Å². The van der Waals surface area contributed by atoms with E-state index in [1.54, 1.807) is 0 Å². The number of nitrogens with one attached hydrogen (secondary N) is 1. The number of amides is 1. The highest BCUT2D eigenvalue weighted by molar-refractivity contribution is 5.76. The molecule has 19 heteroatoms. The van der Waals surface area contributed by atoms with Gasteiger partial charge < -0.3 is 89.9 Å². The summed E-state index contributed by atoms with van der Waals surface area (Å²) in [7, 11) is 0. The van der Waals surface area contributed by atoms with Gasteiger partial charge in [-0.05, 0) is 64.2 Å². The van der Waals surface area contributed by atoms with Crippen molar-refractivity contribution in [1.29, 1.82) is 0 Å². The lowest BCUT2D eigenvalue weighted by Gasteiger charge is -2.48. The van der Waals surface area contributed by atoms with Crippen molar-refractivity contribution >= 4 is 5.91 Å². The third-order valence-corrected chi connectivity index (χ3v) is 20.0. The molecule has 1 amide bonds. The minimum atomic E-state index is -1.97. The molecule has 0 spiro atoms. The molecule has 3 rings (SSSR count). The van der Waals surface area contributed by atoms with Crippen molar-refractivity contribution in [3.05, 3.63) is 72.9 Å². The van der Waals surface area contributed by atoms with Gasteiger partial charge in [0.2, 0.25) is 5.91 Å². The molecule has 588 valence electrons. The van der Waals surface area contributed by atoms with Gasteiger partial charge in [-0.2, -0.15) is 0 Å². The van der Waals surface area contributed by atoms with E-state index in [-0.39, 0.29) is 18.9 Å².